The summed E-state index contributed by atoms with van der Waals surface area (Å²) >= 11 is 5.96. The minimum Gasteiger partial charge on any atom is -0.467 e. The molecule has 3 rings (SSSR count). The number of amides is 1. The summed E-state index contributed by atoms with van der Waals surface area (Å²) in [4.78, 5) is 30.0. The number of rotatable bonds is 5. The zero-order valence-electron chi connectivity index (χ0n) is 13.4. The number of likely N-dealkylation sites (N-methyl/N-ethyl adjacent to an activating group) is 1. The maximum Gasteiger partial charge on any atom is 0.339 e. The average molecular weight is 359 g/mol. The lowest BCUT2D eigenvalue weighted by Crippen LogP contribution is -2.30. The number of carbonyl (C=O) groups is 2. The van der Waals surface area contributed by atoms with Crippen molar-refractivity contribution in [2.45, 2.75) is 6.54 Å². The molecule has 0 aliphatic carbocycles. The number of aromatic nitrogens is 1. The van der Waals surface area contributed by atoms with E-state index in [1.54, 1.807) is 43.4 Å². The van der Waals surface area contributed by atoms with E-state index in [1.807, 2.05) is 0 Å². The lowest BCUT2D eigenvalue weighted by Gasteiger charge is -2.15. The molecule has 0 spiro atoms. The van der Waals surface area contributed by atoms with Gasteiger partial charge in [0.25, 0.3) is 5.91 Å². The maximum atomic E-state index is 12.4. The standard InChI is InChI=1S/C18H15ClN2O4/c1-21(10-12-5-4-8-24-12)17(22)11-25-18(23)14-9-16(19)20-15-7-3-2-6-13(14)15/h2-9H,10-11H2,1H3. The molecule has 2 heterocycles. The fourth-order valence-electron chi connectivity index (χ4n) is 2.35. The Kier molecular flexibility index (Phi) is 5.00. The van der Waals surface area contributed by atoms with Crippen molar-refractivity contribution in [2.24, 2.45) is 0 Å². The number of ether oxygens (including phenoxy) is 1. The van der Waals surface area contributed by atoms with E-state index in [1.165, 1.54) is 17.2 Å². The molecule has 6 nitrogen and oxygen atoms in total. The molecule has 0 atom stereocenters. The molecule has 2 aromatic heterocycles. The number of nitrogens with zero attached hydrogens (tertiary/aromatic N) is 2. The summed E-state index contributed by atoms with van der Waals surface area (Å²) in [6.07, 6.45) is 1.53. The van der Waals surface area contributed by atoms with Crippen molar-refractivity contribution in [1.82, 2.24) is 9.88 Å². The van der Waals surface area contributed by atoms with Crippen LogP contribution in [0.3, 0.4) is 0 Å². The second kappa shape index (κ2) is 7.36. The monoisotopic (exact) mass is 358 g/mol. The molecule has 25 heavy (non-hydrogen) atoms. The van der Waals surface area contributed by atoms with Crippen LogP contribution in [0.25, 0.3) is 10.9 Å². The highest BCUT2D eigenvalue weighted by Crippen LogP contribution is 2.21. The molecule has 0 aliphatic heterocycles. The van der Waals surface area contributed by atoms with Crippen LogP contribution in [0, 0.1) is 0 Å². The maximum absolute atomic E-state index is 12.4. The van der Waals surface area contributed by atoms with Crippen molar-refractivity contribution in [3.8, 4) is 0 Å². The second-order valence-electron chi connectivity index (χ2n) is 5.41. The largest absolute Gasteiger partial charge is 0.467 e. The van der Waals surface area contributed by atoms with Crippen LogP contribution in [0.2, 0.25) is 5.15 Å². The first-order chi connectivity index (χ1) is 12.0. The van der Waals surface area contributed by atoms with Gasteiger partial charge in [-0.2, -0.15) is 0 Å². The fraction of sp³-hybridized carbons (Fsp3) is 0.167. The lowest BCUT2D eigenvalue weighted by atomic mass is 10.1. The SMILES string of the molecule is CN(Cc1ccco1)C(=O)COC(=O)c1cc(Cl)nc2ccccc12. The van der Waals surface area contributed by atoms with Crippen LogP contribution in [0.5, 0.6) is 0 Å². The Bertz CT molecular complexity index is 909. The normalized spacial score (nSPS) is 10.6. The molecule has 0 aliphatic rings. The van der Waals surface area contributed by atoms with Crippen molar-refractivity contribution in [1.29, 1.82) is 0 Å². The summed E-state index contributed by atoms with van der Waals surface area (Å²) in [5.74, 6) is -0.316. The molecule has 0 saturated heterocycles. The summed E-state index contributed by atoms with van der Waals surface area (Å²) in [5, 5.41) is 0.806. The van der Waals surface area contributed by atoms with Gasteiger partial charge >= 0.3 is 5.97 Å². The van der Waals surface area contributed by atoms with E-state index >= 15 is 0 Å². The predicted molar refractivity (Wildman–Crippen MR) is 92.2 cm³/mol. The van der Waals surface area contributed by atoms with Crippen LogP contribution in [-0.4, -0.2) is 35.4 Å². The van der Waals surface area contributed by atoms with Crippen molar-refractivity contribution in [2.75, 3.05) is 13.7 Å². The van der Waals surface area contributed by atoms with Crippen LogP contribution >= 0.6 is 11.6 Å². The van der Waals surface area contributed by atoms with E-state index in [-0.39, 0.29) is 23.2 Å². The van der Waals surface area contributed by atoms with E-state index in [4.69, 9.17) is 20.8 Å². The van der Waals surface area contributed by atoms with Gasteiger partial charge in [0.1, 0.15) is 10.9 Å². The zero-order valence-corrected chi connectivity index (χ0v) is 14.2. The van der Waals surface area contributed by atoms with Gasteiger partial charge in [-0.3, -0.25) is 4.79 Å². The molecular formula is C18H15ClN2O4. The average Bonchev–Trinajstić information content (AvgIpc) is 3.11. The van der Waals surface area contributed by atoms with Gasteiger partial charge in [0.2, 0.25) is 0 Å². The molecule has 0 bridgehead atoms. The predicted octanol–water partition coefficient (Wildman–Crippen LogP) is 3.30. The van der Waals surface area contributed by atoms with Crippen LogP contribution < -0.4 is 0 Å². The topological polar surface area (TPSA) is 72.6 Å². The van der Waals surface area contributed by atoms with Crippen LogP contribution in [0.1, 0.15) is 16.1 Å². The highest BCUT2D eigenvalue weighted by atomic mass is 35.5. The van der Waals surface area contributed by atoms with Crippen LogP contribution in [0.15, 0.2) is 53.1 Å². The quantitative estimate of drug-likeness (QED) is 0.517. The molecule has 1 amide bonds. The lowest BCUT2D eigenvalue weighted by molar-refractivity contribution is -0.133. The molecule has 0 N–H and O–H groups in total. The van der Waals surface area contributed by atoms with Gasteiger partial charge in [0, 0.05) is 12.4 Å². The summed E-state index contributed by atoms with van der Waals surface area (Å²) in [6.45, 7) is -0.0717. The van der Waals surface area contributed by atoms with Gasteiger partial charge in [0.05, 0.1) is 23.9 Å². The van der Waals surface area contributed by atoms with Crippen LogP contribution in [-0.2, 0) is 16.1 Å². The number of furan rings is 1. The van der Waals surface area contributed by atoms with Gasteiger partial charge in [-0.15, -0.1) is 0 Å². The van der Waals surface area contributed by atoms with Crippen molar-refractivity contribution in [3.63, 3.8) is 0 Å². The first kappa shape index (κ1) is 17.0. The molecule has 0 unspecified atom stereocenters. The summed E-state index contributed by atoms with van der Waals surface area (Å²) < 4.78 is 10.3. The minimum atomic E-state index is -0.625. The Hall–Kier alpha value is -2.86. The Morgan fingerprint density at radius 2 is 2.04 bits per heavy atom. The minimum absolute atomic E-state index is 0.187. The van der Waals surface area contributed by atoms with E-state index in [2.05, 4.69) is 4.98 Å². The number of benzene rings is 1. The third-order valence-electron chi connectivity index (χ3n) is 3.63. The van der Waals surface area contributed by atoms with Gasteiger partial charge in [-0.1, -0.05) is 29.8 Å². The van der Waals surface area contributed by atoms with Crippen molar-refractivity contribution < 1.29 is 18.7 Å². The molecule has 0 saturated carbocycles. The summed E-state index contributed by atoms with van der Waals surface area (Å²) in [6, 6.07) is 12.0. The first-order valence-electron chi connectivity index (χ1n) is 7.53. The van der Waals surface area contributed by atoms with Crippen molar-refractivity contribution in [3.05, 3.63) is 65.2 Å². The number of halogens is 1. The van der Waals surface area contributed by atoms with E-state index in [0.29, 0.717) is 23.2 Å². The van der Waals surface area contributed by atoms with Gasteiger partial charge < -0.3 is 14.1 Å². The molecular weight excluding hydrogens is 344 g/mol. The molecule has 7 heteroatoms. The van der Waals surface area contributed by atoms with E-state index in [9.17, 15) is 9.59 Å². The van der Waals surface area contributed by atoms with Gasteiger partial charge in [-0.25, -0.2) is 9.78 Å². The third-order valence-corrected chi connectivity index (χ3v) is 3.82. The van der Waals surface area contributed by atoms with Crippen molar-refractivity contribution >= 4 is 34.4 Å². The molecule has 0 fully saturated rings. The number of fused-ring (bicyclic) bond motifs is 1. The first-order valence-corrected chi connectivity index (χ1v) is 7.91. The number of hydrogen-bond acceptors (Lipinski definition) is 5. The number of esters is 1. The third kappa shape index (κ3) is 3.97. The molecule has 1 aromatic carbocycles. The number of pyridine rings is 1. The number of carbonyl (C=O) groups excluding carboxylic acids is 2. The Morgan fingerprint density at radius 1 is 1.24 bits per heavy atom. The highest BCUT2D eigenvalue weighted by molar-refractivity contribution is 6.30. The molecule has 128 valence electrons. The van der Waals surface area contributed by atoms with Gasteiger partial charge in [0.15, 0.2) is 6.61 Å². The number of para-hydroxylation sites is 1. The molecule has 3 aromatic rings. The second-order valence-corrected chi connectivity index (χ2v) is 5.80. The van der Waals surface area contributed by atoms with E-state index < -0.39 is 5.97 Å². The van der Waals surface area contributed by atoms with Gasteiger partial charge in [-0.05, 0) is 24.3 Å². The fourth-order valence-corrected chi connectivity index (χ4v) is 2.55. The zero-order chi connectivity index (χ0) is 17.8. The summed E-state index contributed by atoms with van der Waals surface area (Å²) in [5.41, 5.74) is 0.861. The molecule has 0 radical (unpaired) electrons. The Morgan fingerprint density at radius 3 is 2.80 bits per heavy atom. The summed E-state index contributed by atoms with van der Waals surface area (Å²) in [7, 11) is 1.61. The smallest absolute Gasteiger partial charge is 0.339 e. The Balaban J connectivity index is 1.67. The van der Waals surface area contributed by atoms with Crippen LogP contribution in [0.4, 0.5) is 0 Å². The number of hydrogen-bond donors (Lipinski definition) is 0. The highest BCUT2D eigenvalue weighted by Gasteiger charge is 2.17. The van der Waals surface area contributed by atoms with E-state index in [0.717, 1.165) is 0 Å². The Labute approximate surface area is 149 Å².